The molecule has 2 heterocycles. The summed E-state index contributed by atoms with van der Waals surface area (Å²) in [4.78, 5) is 36.2. The molecule has 8 nitrogen and oxygen atoms in total. The topological polar surface area (TPSA) is 106 Å². The molecule has 12 heteroatoms. The van der Waals surface area contributed by atoms with Gasteiger partial charge in [0.15, 0.2) is 10.9 Å². The van der Waals surface area contributed by atoms with Gasteiger partial charge in [-0.15, -0.1) is 0 Å². The van der Waals surface area contributed by atoms with Crippen molar-refractivity contribution in [2.45, 2.75) is 6.18 Å². The maximum Gasteiger partial charge on any atom is 0.416 e. The van der Waals surface area contributed by atoms with Crippen LogP contribution >= 0.6 is 11.3 Å². The quantitative estimate of drug-likeness (QED) is 0.378. The second kappa shape index (κ2) is 9.22. The minimum Gasteiger partial charge on any atom is -0.369 e. The van der Waals surface area contributed by atoms with Crippen LogP contribution in [-0.4, -0.2) is 40.3 Å². The zero-order chi connectivity index (χ0) is 25.3. The summed E-state index contributed by atoms with van der Waals surface area (Å²) in [5, 5.41) is 2.90. The van der Waals surface area contributed by atoms with Crippen molar-refractivity contribution in [3.8, 4) is 5.69 Å². The maximum atomic E-state index is 13.5. The van der Waals surface area contributed by atoms with Crippen molar-refractivity contribution >= 4 is 39.9 Å². The molecule has 0 aliphatic rings. The fourth-order valence-electron chi connectivity index (χ4n) is 3.29. The number of alkyl halides is 3. The second-order valence-electron chi connectivity index (χ2n) is 7.60. The summed E-state index contributed by atoms with van der Waals surface area (Å²) in [6.45, 7) is 0. The van der Waals surface area contributed by atoms with E-state index in [4.69, 9.17) is 5.73 Å². The molecular formula is C23H19F3N6O2S. The number of nitrogens with one attached hydrogen (secondary N) is 1. The van der Waals surface area contributed by atoms with Gasteiger partial charge in [0.1, 0.15) is 10.6 Å². The number of carbonyl (C=O) groups excluding carboxylic acids is 2. The molecular weight excluding hydrogens is 481 g/mol. The van der Waals surface area contributed by atoms with Crippen molar-refractivity contribution in [2.75, 3.05) is 30.0 Å². The molecule has 0 aliphatic carbocycles. The van der Waals surface area contributed by atoms with Crippen LogP contribution in [0.3, 0.4) is 0 Å². The lowest BCUT2D eigenvalue weighted by molar-refractivity contribution is -0.137. The number of nitrogen functional groups attached to an aromatic ring is 1. The third-order valence-corrected chi connectivity index (χ3v) is 5.93. The summed E-state index contributed by atoms with van der Waals surface area (Å²) in [6, 6.07) is 12.8. The zero-order valence-corrected chi connectivity index (χ0v) is 19.3. The molecule has 2 aromatic carbocycles. The lowest BCUT2D eigenvalue weighted by Gasteiger charge is -2.13. The van der Waals surface area contributed by atoms with E-state index in [1.165, 1.54) is 22.9 Å². The van der Waals surface area contributed by atoms with Gasteiger partial charge in [-0.3, -0.25) is 19.5 Å². The van der Waals surface area contributed by atoms with Crippen LogP contribution in [-0.2, 0) is 6.18 Å². The first-order valence-electron chi connectivity index (χ1n) is 10.2. The molecule has 0 bridgehead atoms. The second-order valence-corrected chi connectivity index (χ2v) is 8.60. The Morgan fingerprint density at radius 3 is 2.31 bits per heavy atom. The highest BCUT2D eigenvalue weighted by Crippen LogP contribution is 2.33. The summed E-state index contributed by atoms with van der Waals surface area (Å²) in [6.07, 6.45) is -3.25. The molecule has 35 heavy (non-hydrogen) atoms. The van der Waals surface area contributed by atoms with E-state index in [1.807, 2.05) is 0 Å². The van der Waals surface area contributed by atoms with Gasteiger partial charge in [-0.2, -0.15) is 13.2 Å². The third kappa shape index (κ3) is 4.87. The molecule has 0 unspecified atom stereocenters. The van der Waals surface area contributed by atoms with Crippen LogP contribution in [0.2, 0.25) is 0 Å². The Bertz CT molecular complexity index is 1380. The Kier molecular flexibility index (Phi) is 6.31. The minimum atomic E-state index is -4.50. The van der Waals surface area contributed by atoms with Crippen molar-refractivity contribution in [3.05, 3.63) is 82.5 Å². The number of anilines is 3. The Balaban J connectivity index is 1.69. The van der Waals surface area contributed by atoms with Crippen molar-refractivity contribution in [1.29, 1.82) is 0 Å². The maximum absolute atomic E-state index is 13.5. The normalized spacial score (nSPS) is 11.3. The first-order chi connectivity index (χ1) is 16.6. The molecule has 3 N–H and O–H groups in total. The minimum absolute atomic E-state index is 0.0370. The Labute approximate surface area is 201 Å². The van der Waals surface area contributed by atoms with E-state index in [0.717, 1.165) is 23.5 Å². The number of imidazole rings is 1. The number of carbonyl (C=O) groups is 2. The standard InChI is InChI=1S/C23H19F3N6O2S/c1-31(2)19-18(35-22(29-19)30-20(34)13-6-4-3-5-7-13)17(33)16-12-28-21(27)32(16)15-10-8-14(9-11-15)23(24,25)26/h3-12H,1-2H3,(H2,27,28)(H,29,30,34). The van der Waals surface area contributed by atoms with Crippen LogP contribution in [0.5, 0.6) is 0 Å². The van der Waals surface area contributed by atoms with Crippen molar-refractivity contribution in [3.63, 3.8) is 0 Å². The van der Waals surface area contributed by atoms with Gasteiger partial charge in [-0.25, -0.2) is 9.97 Å². The molecule has 2 aromatic heterocycles. The first-order valence-corrected chi connectivity index (χ1v) is 11.0. The number of nitrogens with zero attached hydrogens (tertiary/aromatic N) is 4. The molecule has 0 spiro atoms. The smallest absolute Gasteiger partial charge is 0.369 e. The number of benzene rings is 2. The Hall–Kier alpha value is -4.19. The lowest BCUT2D eigenvalue weighted by atomic mass is 10.2. The molecule has 0 atom stereocenters. The first kappa shape index (κ1) is 24.0. The van der Waals surface area contributed by atoms with E-state index >= 15 is 0 Å². The monoisotopic (exact) mass is 500 g/mol. The van der Waals surface area contributed by atoms with E-state index in [-0.39, 0.29) is 33.2 Å². The van der Waals surface area contributed by atoms with Gasteiger partial charge in [0.05, 0.1) is 11.8 Å². The SMILES string of the molecule is CN(C)c1nc(NC(=O)c2ccccc2)sc1C(=O)c1cnc(N)n1-c1ccc(C(F)(F)F)cc1. The van der Waals surface area contributed by atoms with Gasteiger partial charge in [-0.05, 0) is 36.4 Å². The molecule has 0 saturated heterocycles. The van der Waals surface area contributed by atoms with E-state index in [0.29, 0.717) is 11.4 Å². The molecule has 180 valence electrons. The molecule has 0 radical (unpaired) electrons. The lowest BCUT2D eigenvalue weighted by Crippen LogP contribution is -2.16. The highest BCUT2D eigenvalue weighted by Gasteiger charge is 2.31. The van der Waals surface area contributed by atoms with E-state index in [1.54, 1.807) is 49.3 Å². The zero-order valence-electron chi connectivity index (χ0n) is 18.5. The van der Waals surface area contributed by atoms with Crippen molar-refractivity contribution < 1.29 is 22.8 Å². The van der Waals surface area contributed by atoms with E-state index in [2.05, 4.69) is 15.3 Å². The number of nitrogens with two attached hydrogens (primary N) is 1. The molecule has 0 aliphatic heterocycles. The number of amides is 1. The van der Waals surface area contributed by atoms with E-state index < -0.39 is 17.5 Å². The number of halogens is 3. The number of rotatable bonds is 6. The van der Waals surface area contributed by atoms with Crippen molar-refractivity contribution in [2.24, 2.45) is 0 Å². The van der Waals surface area contributed by atoms with Crippen LogP contribution in [0.15, 0.2) is 60.8 Å². The summed E-state index contributed by atoms with van der Waals surface area (Å²) < 4.78 is 40.1. The largest absolute Gasteiger partial charge is 0.416 e. The Morgan fingerprint density at radius 1 is 1.06 bits per heavy atom. The molecule has 0 saturated carbocycles. The number of aromatic nitrogens is 3. The summed E-state index contributed by atoms with van der Waals surface area (Å²) >= 11 is 0.968. The predicted octanol–water partition coefficient (Wildman–Crippen LogP) is 4.48. The highest BCUT2D eigenvalue weighted by atomic mass is 32.1. The van der Waals surface area contributed by atoms with Crippen LogP contribution in [0.4, 0.5) is 30.1 Å². The molecule has 1 amide bonds. The summed E-state index contributed by atoms with van der Waals surface area (Å²) in [5.41, 5.74) is 5.82. The third-order valence-electron chi connectivity index (χ3n) is 4.97. The average molecular weight is 501 g/mol. The van der Waals surface area contributed by atoms with Crippen LogP contribution in [0, 0.1) is 0 Å². The average Bonchev–Trinajstić information content (AvgIpc) is 3.42. The van der Waals surface area contributed by atoms with Gasteiger partial charge in [0, 0.05) is 25.3 Å². The Morgan fingerprint density at radius 2 is 1.71 bits per heavy atom. The summed E-state index contributed by atoms with van der Waals surface area (Å²) in [5.74, 6) is -0.651. The van der Waals surface area contributed by atoms with Gasteiger partial charge in [0.25, 0.3) is 5.91 Å². The van der Waals surface area contributed by atoms with Crippen LogP contribution in [0.25, 0.3) is 5.69 Å². The molecule has 0 fully saturated rings. The highest BCUT2D eigenvalue weighted by molar-refractivity contribution is 7.18. The van der Waals surface area contributed by atoms with Gasteiger partial charge in [-0.1, -0.05) is 29.5 Å². The number of hydrogen-bond acceptors (Lipinski definition) is 7. The molecule has 4 aromatic rings. The van der Waals surface area contributed by atoms with Crippen LogP contribution in [0.1, 0.15) is 31.3 Å². The fourth-order valence-corrected chi connectivity index (χ4v) is 4.27. The summed E-state index contributed by atoms with van der Waals surface area (Å²) in [7, 11) is 3.38. The fraction of sp³-hybridized carbons (Fsp3) is 0.130. The number of hydrogen-bond donors (Lipinski definition) is 2. The van der Waals surface area contributed by atoms with Gasteiger partial charge in [0.2, 0.25) is 11.7 Å². The van der Waals surface area contributed by atoms with Crippen LogP contribution < -0.4 is 16.0 Å². The predicted molar refractivity (Wildman–Crippen MR) is 127 cm³/mol. The van der Waals surface area contributed by atoms with Crippen molar-refractivity contribution in [1.82, 2.24) is 14.5 Å². The number of ketones is 1. The van der Waals surface area contributed by atoms with E-state index in [9.17, 15) is 22.8 Å². The van der Waals surface area contributed by atoms with Gasteiger partial charge < -0.3 is 10.6 Å². The molecule has 4 rings (SSSR count). The number of thiazole rings is 1. The van der Waals surface area contributed by atoms with Gasteiger partial charge >= 0.3 is 6.18 Å².